The average Bonchev–Trinajstić information content (AvgIpc) is 3.17. The second-order valence-electron chi connectivity index (χ2n) is 5.09. The van der Waals surface area contributed by atoms with Crippen molar-refractivity contribution in [3.8, 4) is 0 Å². The van der Waals surface area contributed by atoms with E-state index >= 15 is 0 Å². The SMILES string of the molecule is CCN(CCn1c(N)nc2c(F)cccc21)C1CC1. The molecule has 0 aliphatic heterocycles. The van der Waals surface area contributed by atoms with Crippen molar-refractivity contribution in [2.45, 2.75) is 32.4 Å². The summed E-state index contributed by atoms with van der Waals surface area (Å²) in [5.74, 6) is 0.0874. The number of nitrogen functional groups attached to an aromatic ring is 1. The number of anilines is 1. The minimum Gasteiger partial charge on any atom is -0.369 e. The summed E-state index contributed by atoms with van der Waals surface area (Å²) < 4.78 is 15.5. The Labute approximate surface area is 112 Å². The minimum absolute atomic E-state index is 0.308. The molecule has 1 heterocycles. The van der Waals surface area contributed by atoms with E-state index in [0.29, 0.717) is 11.5 Å². The number of para-hydroxylation sites is 1. The van der Waals surface area contributed by atoms with Crippen LogP contribution in [0.5, 0.6) is 0 Å². The lowest BCUT2D eigenvalue weighted by molar-refractivity contribution is 0.268. The van der Waals surface area contributed by atoms with Gasteiger partial charge in [-0.25, -0.2) is 9.37 Å². The van der Waals surface area contributed by atoms with Crippen molar-refractivity contribution in [2.24, 2.45) is 0 Å². The Morgan fingerprint density at radius 3 is 2.95 bits per heavy atom. The van der Waals surface area contributed by atoms with E-state index in [-0.39, 0.29) is 5.82 Å². The summed E-state index contributed by atoms with van der Waals surface area (Å²) >= 11 is 0. The van der Waals surface area contributed by atoms with Crippen LogP contribution in [0, 0.1) is 5.82 Å². The second-order valence-corrected chi connectivity index (χ2v) is 5.09. The van der Waals surface area contributed by atoms with Crippen LogP contribution in [0.2, 0.25) is 0 Å². The van der Waals surface area contributed by atoms with Gasteiger partial charge in [-0.2, -0.15) is 0 Å². The minimum atomic E-state index is -0.308. The summed E-state index contributed by atoms with van der Waals surface area (Å²) in [7, 11) is 0. The number of hydrogen-bond donors (Lipinski definition) is 1. The quantitative estimate of drug-likeness (QED) is 0.899. The van der Waals surface area contributed by atoms with Gasteiger partial charge in [0, 0.05) is 19.1 Å². The molecule has 0 saturated heterocycles. The zero-order valence-corrected chi connectivity index (χ0v) is 11.1. The summed E-state index contributed by atoms with van der Waals surface area (Å²) in [5.41, 5.74) is 7.06. The molecule has 0 bridgehead atoms. The van der Waals surface area contributed by atoms with Crippen molar-refractivity contribution in [1.29, 1.82) is 0 Å². The van der Waals surface area contributed by atoms with Crippen molar-refractivity contribution in [3.05, 3.63) is 24.0 Å². The summed E-state index contributed by atoms with van der Waals surface area (Å²) in [5, 5.41) is 0. The Morgan fingerprint density at radius 1 is 1.47 bits per heavy atom. The van der Waals surface area contributed by atoms with Gasteiger partial charge in [-0.15, -0.1) is 0 Å². The largest absolute Gasteiger partial charge is 0.369 e. The fraction of sp³-hybridized carbons (Fsp3) is 0.500. The second kappa shape index (κ2) is 4.81. The summed E-state index contributed by atoms with van der Waals surface area (Å²) in [6, 6.07) is 5.72. The maximum Gasteiger partial charge on any atom is 0.201 e. The van der Waals surface area contributed by atoms with E-state index in [1.807, 2.05) is 10.6 Å². The molecule has 102 valence electrons. The molecule has 5 heteroatoms. The summed E-state index contributed by atoms with van der Waals surface area (Å²) in [4.78, 5) is 6.57. The monoisotopic (exact) mass is 262 g/mol. The van der Waals surface area contributed by atoms with E-state index < -0.39 is 0 Å². The first-order valence-corrected chi connectivity index (χ1v) is 6.85. The molecule has 2 N–H and O–H groups in total. The number of benzene rings is 1. The topological polar surface area (TPSA) is 47.1 Å². The van der Waals surface area contributed by atoms with Crippen LogP contribution in [-0.2, 0) is 6.54 Å². The van der Waals surface area contributed by atoms with Gasteiger partial charge in [0.2, 0.25) is 5.95 Å². The average molecular weight is 262 g/mol. The van der Waals surface area contributed by atoms with Crippen LogP contribution in [0.1, 0.15) is 19.8 Å². The van der Waals surface area contributed by atoms with Crippen molar-refractivity contribution in [1.82, 2.24) is 14.5 Å². The molecule has 1 aromatic heterocycles. The number of nitrogens with zero attached hydrogens (tertiary/aromatic N) is 3. The third-order valence-corrected chi connectivity index (χ3v) is 3.84. The number of halogens is 1. The van der Waals surface area contributed by atoms with E-state index in [1.165, 1.54) is 18.9 Å². The van der Waals surface area contributed by atoms with Crippen LogP contribution >= 0.6 is 0 Å². The molecular weight excluding hydrogens is 243 g/mol. The lowest BCUT2D eigenvalue weighted by Crippen LogP contribution is -2.29. The maximum absolute atomic E-state index is 13.6. The molecule has 1 saturated carbocycles. The van der Waals surface area contributed by atoms with Gasteiger partial charge in [-0.3, -0.25) is 4.90 Å². The van der Waals surface area contributed by atoms with Crippen molar-refractivity contribution >= 4 is 17.0 Å². The van der Waals surface area contributed by atoms with Crippen LogP contribution < -0.4 is 5.73 Å². The Kier molecular flexibility index (Phi) is 3.14. The molecule has 1 aliphatic carbocycles. The highest BCUT2D eigenvalue weighted by atomic mass is 19.1. The molecule has 0 spiro atoms. The zero-order valence-electron chi connectivity index (χ0n) is 11.1. The predicted molar refractivity (Wildman–Crippen MR) is 74.4 cm³/mol. The predicted octanol–water partition coefficient (Wildman–Crippen LogP) is 2.24. The molecular formula is C14H19FN4. The van der Waals surface area contributed by atoms with Crippen LogP contribution in [0.4, 0.5) is 10.3 Å². The lowest BCUT2D eigenvalue weighted by Gasteiger charge is -2.20. The Balaban J connectivity index is 1.84. The van der Waals surface area contributed by atoms with Crippen molar-refractivity contribution in [3.63, 3.8) is 0 Å². The van der Waals surface area contributed by atoms with Gasteiger partial charge >= 0.3 is 0 Å². The molecule has 0 atom stereocenters. The van der Waals surface area contributed by atoms with Gasteiger partial charge in [-0.1, -0.05) is 13.0 Å². The first kappa shape index (κ1) is 12.4. The number of rotatable bonds is 5. The molecule has 3 rings (SSSR count). The normalized spacial score (nSPS) is 15.5. The molecule has 1 aromatic carbocycles. The number of imidazole rings is 1. The van der Waals surface area contributed by atoms with Gasteiger partial charge in [0.05, 0.1) is 5.52 Å². The lowest BCUT2D eigenvalue weighted by atomic mass is 10.3. The van der Waals surface area contributed by atoms with Crippen molar-refractivity contribution < 1.29 is 4.39 Å². The van der Waals surface area contributed by atoms with Gasteiger partial charge in [0.25, 0.3) is 0 Å². The fourth-order valence-corrected chi connectivity index (χ4v) is 2.63. The number of likely N-dealkylation sites (N-methyl/N-ethyl adjacent to an activating group) is 1. The highest BCUT2D eigenvalue weighted by Crippen LogP contribution is 2.27. The fourth-order valence-electron chi connectivity index (χ4n) is 2.63. The zero-order chi connectivity index (χ0) is 13.4. The highest BCUT2D eigenvalue weighted by molar-refractivity contribution is 5.78. The Morgan fingerprint density at radius 2 is 2.26 bits per heavy atom. The molecule has 0 radical (unpaired) electrons. The first-order valence-electron chi connectivity index (χ1n) is 6.85. The number of fused-ring (bicyclic) bond motifs is 1. The van der Waals surface area contributed by atoms with Crippen LogP contribution in [0.25, 0.3) is 11.0 Å². The molecule has 1 aliphatic rings. The number of hydrogen-bond acceptors (Lipinski definition) is 3. The maximum atomic E-state index is 13.6. The third-order valence-electron chi connectivity index (χ3n) is 3.84. The molecule has 0 amide bonds. The molecule has 2 aromatic rings. The van der Waals surface area contributed by atoms with E-state index in [2.05, 4.69) is 16.8 Å². The van der Waals surface area contributed by atoms with Gasteiger partial charge < -0.3 is 10.3 Å². The Hall–Kier alpha value is -1.62. The molecule has 0 unspecified atom stereocenters. The van der Waals surface area contributed by atoms with Crippen LogP contribution in [0.15, 0.2) is 18.2 Å². The standard InChI is InChI=1S/C14H19FN4/c1-2-18(10-6-7-10)8-9-19-12-5-3-4-11(15)13(12)17-14(19)16/h3-5,10H,2,6-9H2,1H3,(H2,16,17). The Bertz CT molecular complexity index is 588. The number of nitrogens with two attached hydrogens (primary N) is 1. The van der Waals surface area contributed by atoms with Crippen molar-refractivity contribution in [2.75, 3.05) is 18.8 Å². The molecule has 19 heavy (non-hydrogen) atoms. The molecule has 1 fully saturated rings. The number of aromatic nitrogens is 2. The third kappa shape index (κ3) is 2.30. The van der Waals surface area contributed by atoms with E-state index in [1.54, 1.807) is 6.07 Å². The van der Waals surface area contributed by atoms with Gasteiger partial charge in [-0.05, 0) is 31.5 Å². The smallest absolute Gasteiger partial charge is 0.201 e. The van der Waals surface area contributed by atoms with Gasteiger partial charge in [0.1, 0.15) is 5.52 Å². The van der Waals surface area contributed by atoms with E-state index in [4.69, 9.17) is 5.73 Å². The summed E-state index contributed by atoms with van der Waals surface area (Å²) in [6.07, 6.45) is 2.59. The molecule has 4 nitrogen and oxygen atoms in total. The van der Waals surface area contributed by atoms with E-state index in [0.717, 1.165) is 31.2 Å². The van der Waals surface area contributed by atoms with Crippen LogP contribution in [0.3, 0.4) is 0 Å². The summed E-state index contributed by atoms with van der Waals surface area (Å²) in [6.45, 7) is 4.92. The van der Waals surface area contributed by atoms with Gasteiger partial charge in [0.15, 0.2) is 5.82 Å². The van der Waals surface area contributed by atoms with Crippen LogP contribution in [-0.4, -0.2) is 33.6 Å². The highest BCUT2D eigenvalue weighted by Gasteiger charge is 2.27. The first-order chi connectivity index (χ1) is 9.20. The van der Waals surface area contributed by atoms with E-state index in [9.17, 15) is 4.39 Å².